The Bertz CT molecular complexity index is 378. The summed E-state index contributed by atoms with van der Waals surface area (Å²) in [6, 6.07) is 8.42. The first-order valence-corrected chi connectivity index (χ1v) is 6.38. The summed E-state index contributed by atoms with van der Waals surface area (Å²) in [7, 11) is 0. The van der Waals surface area contributed by atoms with Crippen molar-refractivity contribution in [1.29, 1.82) is 0 Å². The number of aliphatic hydroxyl groups is 1. The zero-order valence-corrected chi connectivity index (χ0v) is 10.1. The molecule has 1 aliphatic heterocycles. The molecule has 1 heterocycles. The van der Waals surface area contributed by atoms with Gasteiger partial charge in [-0.2, -0.15) is 0 Å². The van der Waals surface area contributed by atoms with Crippen molar-refractivity contribution < 1.29 is 9.84 Å². The fourth-order valence-corrected chi connectivity index (χ4v) is 2.34. The van der Waals surface area contributed by atoms with Gasteiger partial charge >= 0.3 is 0 Å². The highest BCUT2D eigenvalue weighted by Crippen LogP contribution is 2.45. The first-order chi connectivity index (χ1) is 8.26. The SMILES string of the molecule is OC1(c2ccc(CN3CCOCC3)cc2)CC1. The van der Waals surface area contributed by atoms with E-state index in [-0.39, 0.29) is 0 Å². The molecule has 3 heteroatoms. The van der Waals surface area contributed by atoms with E-state index in [1.807, 2.05) is 0 Å². The van der Waals surface area contributed by atoms with Crippen LogP contribution in [0.1, 0.15) is 24.0 Å². The molecule has 1 aromatic rings. The predicted octanol–water partition coefficient (Wildman–Crippen LogP) is 1.50. The molecule has 92 valence electrons. The van der Waals surface area contributed by atoms with Gasteiger partial charge in [0.05, 0.1) is 18.8 Å². The minimum Gasteiger partial charge on any atom is -0.385 e. The summed E-state index contributed by atoms with van der Waals surface area (Å²) in [4.78, 5) is 2.41. The van der Waals surface area contributed by atoms with E-state index >= 15 is 0 Å². The van der Waals surface area contributed by atoms with Gasteiger partial charge < -0.3 is 9.84 Å². The van der Waals surface area contributed by atoms with Crippen LogP contribution in [0.5, 0.6) is 0 Å². The first-order valence-electron chi connectivity index (χ1n) is 6.38. The summed E-state index contributed by atoms with van der Waals surface area (Å²) in [5, 5.41) is 9.99. The molecule has 1 aromatic carbocycles. The molecule has 0 aromatic heterocycles. The lowest BCUT2D eigenvalue weighted by Gasteiger charge is -2.26. The number of nitrogens with zero attached hydrogens (tertiary/aromatic N) is 1. The van der Waals surface area contributed by atoms with Crippen molar-refractivity contribution in [3.8, 4) is 0 Å². The molecule has 1 saturated heterocycles. The Labute approximate surface area is 102 Å². The monoisotopic (exact) mass is 233 g/mol. The topological polar surface area (TPSA) is 32.7 Å². The van der Waals surface area contributed by atoms with Crippen LogP contribution in [0.25, 0.3) is 0 Å². The normalized spacial score (nSPS) is 23.6. The molecule has 1 N–H and O–H groups in total. The lowest BCUT2D eigenvalue weighted by molar-refractivity contribution is 0.0342. The van der Waals surface area contributed by atoms with Gasteiger partial charge in [-0.1, -0.05) is 24.3 Å². The van der Waals surface area contributed by atoms with Gasteiger partial charge in [-0.15, -0.1) is 0 Å². The molecule has 0 radical (unpaired) electrons. The molecule has 3 nitrogen and oxygen atoms in total. The van der Waals surface area contributed by atoms with Crippen molar-refractivity contribution in [1.82, 2.24) is 4.90 Å². The van der Waals surface area contributed by atoms with E-state index in [1.54, 1.807) is 0 Å². The Morgan fingerprint density at radius 3 is 2.35 bits per heavy atom. The first kappa shape index (κ1) is 11.2. The number of benzene rings is 1. The van der Waals surface area contributed by atoms with Crippen LogP contribution in [0, 0.1) is 0 Å². The van der Waals surface area contributed by atoms with Gasteiger partial charge in [0.1, 0.15) is 0 Å². The lowest BCUT2D eigenvalue weighted by atomic mass is 10.1. The largest absolute Gasteiger partial charge is 0.385 e. The summed E-state index contributed by atoms with van der Waals surface area (Å²) in [6.45, 7) is 4.72. The summed E-state index contributed by atoms with van der Waals surface area (Å²) >= 11 is 0. The molecule has 0 unspecified atom stereocenters. The molecule has 1 saturated carbocycles. The molecule has 17 heavy (non-hydrogen) atoms. The predicted molar refractivity (Wildman–Crippen MR) is 65.7 cm³/mol. The lowest BCUT2D eigenvalue weighted by Crippen LogP contribution is -2.35. The highest BCUT2D eigenvalue weighted by Gasteiger charge is 2.41. The maximum Gasteiger partial charge on any atom is 0.0899 e. The van der Waals surface area contributed by atoms with Crippen LogP contribution in [0.15, 0.2) is 24.3 Å². The van der Waals surface area contributed by atoms with E-state index in [0.29, 0.717) is 0 Å². The van der Waals surface area contributed by atoms with Crippen LogP contribution in [-0.4, -0.2) is 36.3 Å². The molecule has 0 amide bonds. The van der Waals surface area contributed by atoms with E-state index in [4.69, 9.17) is 4.74 Å². The van der Waals surface area contributed by atoms with Gasteiger partial charge in [-0.25, -0.2) is 0 Å². The average molecular weight is 233 g/mol. The minimum absolute atomic E-state index is 0.502. The van der Waals surface area contributed by atoms with Crippen molar-refractivity contribution in [3.05, 3.63) is 35.4 Å². The molecule has 3 rings (SSSR count). The van der Waals surface area contributed by atoms with E-state index in [9.17, 15) is 5.11 Å². The summed E-state index contributed by atoms with van der Waals surface area (Å²) in [5.41, 5.74) is 1.89. The van der Waals surface area contributed by atoms with E-state index in [1.165, 1.54) is 5.56 Å². The Kier molecular flexibility index (Phi) is 2.90. The van der Waals surface area contributed by atoms with Crippen molar-refractivity contribution in [2.45, 2.75) is 25.0 Å². The molecule has 2 fully saturated rings. The number of hydrogen-bond donors (Lipinski definition) is 1. The molecule has 2 aliphatic rings. The summed E-state index contributed by atoms with van der Waals surface area (Å²) < 4.78 is 5.33. The number of hydrogen-bond acceptors (Lipinski definition) is 3. The smallest absolute Gasteiger partial charge is 0.0899 e. The fourth-order valence-electron chi connectivity index (χ4n) is 2.34. The van der Waals surface area contributed by atoms with Gasteiger partial charge in [0.2, 0.25) is 0 Å². The second-order valence-electron chi connectivity index (χ2n) is 5.12. The third-order valence-electron chi connectivity index (χ3n) is 3.72. The molecule has 0 atom stereocenters. The van der Waals surface area contributed by atoms with Crippen LogP contribution in [0.2, 0.25) is 0 Å². The van der Waals surface area contributed by atoms with Gasteiger partial charge in [0, 0.05) is 19.6 Å². The van der Waals surface area contributed by atoms with Crippen molar-refractivity contribution in [2.75, 3.05) is 26.3 Å². The summed E-state index contributed by atoms with van der Waals surface area (Å²) in [5.74, 6) is 0. The van der Waals surface area contributed by atoms with Crippen molar-refractivity contribution in [2.24, 2.45) is 0 Å². The number of rotatable bonds is 3. The Balaban J connectivity index is 1.63. The maximum atomic E-state index is 9.99. The molecule has 0 bridgehead atoms. The molecule has 0 spiro atoms. The standard InChI is InChI=1S/C14H19NO2/c16-14(5-6-14)13-3-1-12(2-4-13)11-15-7-9-17-10-8-15/h1-4,16H,5-11H2. The minimum atomic E-state index is -0.502. The Morgan fingerprint density at radius 1 is 1.12 bits per heavy atom. The van der Waals surface area contributed by atoms with Crippen LogP contribution >= 0.6 is 0 Å². The second-order valence-corrected chi connectivity index (χ2v) is 5.12. The second kappa shape index (κ2) is 4.41. The highest BCUT2D eigenvalue weighted by atomic mass is 16.5. The van der Waals surface area contributed by atoms with Gasteiger partial charge in [0.15, 0.2) is 0 Å². The fraction of sp³-hybridized carbons (Fsp3) is 0.571. The molecule has 1 aliphatic carbocycles. The quantitative estimate of drug-likeness (QED) is 0.858. The van der Waals surface area contributed by atoms with Crippen LogP contribution in [0.4, 0.5) is 0 Å². The van der Waals surface area contributed by atoms with Crippen LogP contribution in [0.3, 0.4) is 0 Å². The van der Waals surface area contributed by atoms with Gasteiger partial charge in [-0.3, -0.25) is 4.90 Å². The summed E-state index contributed by atoms with van der Waals surface area (Å²) in [6.07, 6.45) is 1.83. The zero-order chi connectivity index (χ0) is 11.7. The van der Waals surface area contributed by atoms with E-state index < -0.39 is 5.60 Å². The maximum absolute atomic E-state index is 9.99. The van der Waals surface area contributed by atoms with E-state index in [0.717, 1.165) is 51.3 Å². The van der Waals surface area contributed by atoms with Crippen LogP contribution in [-0.2, 0) is 16.9 Å². The molecular weight excluding hydrogens is 214 g/mol. The third-order valence-corrected chi connectivity index (χ3v) is 3.72. The van der Waals surface area contributed by atoms with Crippen LogP contribution < -0.4 is 0 Å². The average Bonchev–Trinajstić information content (AvgIpc) is 3.11. The molecular formula is C14H19NO2. The van der Waals surface area contributed by atoms with E-state index in [2.05, 4.69) is 29.2 Å². The Hall–Kier alpha value is -0.900. The Morgan fingerprint density at radius 2 is 1.76 bits per heavy atom. The number of ether oxygens (including phenoxy) is 1. The number of morpholine rings is 1. The zero-order valence-electron chi connectivity index (χ0n) is 10.1. The highest BCUT2D eigenvalue weighted by molar-refractivity contribution is 5.30. The van der Waals surface area contributed by atoms with Gasteiger partial charge in [-0.05, 0) is 24.0 Å². The van der Waals surface area contributed by atoms with Crippen molar-refractivity contribution >= 4 is 0 Å². The van der Waals surface area contributed by atoms with Crippen molar-refractivity contribution in [3.63, 3.8) is 0 Å². The third kappa shape index (κ3) is 2.51. The van der Waals surface area contributed by atoms with Gasteiger partial charge in [0.25, 0.3) is 0 Å².